The second-order valence-electron chi connectivity index (χ2n) is 11.9. The third-order valence-electron chi connectivity index (χ3n) is 8.79. The summed E-state index contributed by atoms with van der Waals surface area (Å²) in [6.07, 6.45) is 3.50. The molecule has 3 heterocycles. The Kier molecular flexibility index (Phi) is 7.93. The van der Waals surface area contributed by atoms with Crippen molar-refractivity contribution < 1.29 is 4.79 Å². The van der Waals surface area contributed by atoms with Gasteiger partial charge in [-0.05, 0) is 71.3 Å². The van der Waals surface area contributed by atoms with E-state index < -0.39 is 6.04 Å². The van der Waals surface area contributed by atoms with Gasteiger partial charge in [-0.25, -0.2) is 9.97 Å². The lowest BCUT2D eigenvalue weighted by atomic mass is 10.0. The molecule has 1 fully saturated rings. The molecule has 0 radical (unpaired) electrons. The lowest BCUT2D eigenvalue weighted by molar-refractivity contribution is -0.118. The standard InChI is InChI=1S/C39H34N8O/c48-39(44-32-16-14-31(15-17-32)43-38-34-8-4-5-9-35(34)41-26-42-38)37(28-6-2-1-3-7-28)47-25-30-11-10-29(24-36(30)45-47)27-12-18-33(19-13-27)46-22-20-40-21-23-46/h1-19,24-26,37,40H,20-23H2,(H,44,48)(H,41,42,43). The van der Waals surface area contributed by atoms with Gasteiger partial charge < -0.3 is 20.9 Å². The van der Waals surface area contributed by atoms with Crippen molar-refractivity contribution in [3.63, 3.8) is 0 Å². The largest absolute Gasteiger partial charge is 0.369 e. The van der Waals surface area contributed by atoms with E-state index in [4.69, 9.17) is 5.10 Å². The number of nitrogens with one attached hydrogen (secondary N) is 3. The van der Waals surface area contributed by atoms with Crippen molar-refractivity contribution in [2.75, 3.05) is 41.7 Å². The second kappa shape index (κ2) is 13.0. The van der Waals surface area contributed by atoms with Gasteiger partial charge in [0.1, 0.15) is 12.1 Å². The average molecular weight is 631 g/mol. The number of nitrogens with zero attached hydrogens (tertiary/aromatic N) is 5. The van der Waals surface area contributed by atoms with Crippen LogP contribution in [0.15, 0.2) is 134 Å². The van der Waals surface area contributed by atoms with Crippen LogP contribution in [0.25, 0.3) is 32.9 Å². The summed E-state index contributed by atoms with van der Waals surface area (Å²) >= 11 is 0. The molecule has 5 aromatic carbocycles. The van der Waals surface area contributed by atoms with E-state index in [1.54, 1.807) is 11.0 Å². The van der Waals surface area contributed by atoms with E-state index in [2.05, 4.69) is 73.3 Å². The van der Waals surface area contributed by atoms with Gasteiger partial charge in [-0.2, -0.15) is 5.10 Å². The maximum atomic E-state index is 14.0. The van der Waals surface area contributed by atoms with Crippen molar-refractivity contribution in [1.29, 1.82) is 0 Å². The molecule has 9 nitrogen and oxygen atoms in total. The highest BCUT2D eigenvalue weighted by Gasteiger charge is 2.24. The van der Waals surface area contributed by atoms with E-state index in [1.807, 2.05) is 85.1 Å². The van der Waals surface area contributed by atoms with E-state index in [9.17, 15) is 4.79 Å². The van der Waals surface area contributed by atoms with E-state index in [-0.39, 0.29) is 5.91 Å². The third kappa shape index (κ3) is 6.06. The normalized spacial score (nSPS) is 13.8. The quantitative estimate of drug-likeness (QED) is 0.166. The predicted octanol–water partition coefficient (Wildman–Crippen LogP) is 7.03. The summed E-state index contributed by atoms with van der Waals surface area (Å²) in [5, 5.41) is 16.7. The molecule has 1 aliphatic rings. The zero-order chi connectivity index (χ0) is 32.3. The minimum Gasteiger partial charge on any atom is -0.369 e. The molecule has 0 spiro atoms. The van der Waals surface area contributed by atoms with E-state index in [1.165, 1.54) is 5.69 Å². The van der Waals surface area contributed by atoms with Crippen LogP contribution in [0.3, 0.4) is 0 Å². The monoisotopic (exact) mass is 630 g/mol. The Morgan fingerprint density at radius 3 is 2.27 bits per heavy atom. The number of fused-ring (bicyclic) bond motifs is 2. The molecule has 9 heteroatoms. The Balaban J connectivity index is 1.03. The van der Waals surface area contributed by atoms with Gasteiger partial charge >= 0.3 is 0 Å². The van der Waals surface area contributed by atoms with Crippen molar-refractivity contribution in [2.45, 2.75) is 6.04 Å². The van der Waals surface area contributed by atoms with Crippen LogP contribution >= 0.6 is 0 Å². The van der Waals surface area contributed by atoms with Gasteiger partial charge in [-0.15, -0.1) is 0 Å². The zero-order valence-electron chi connectivity index (χ0n) is 26.3. The minimum atomic E-state index is -0.662. The Hall–Kier alpha value is -6.06. The van der Waals surface area contributed by atoms with Crippen molar-refractivity contribution in [3.8, 4) is 11.1 Å². The maximum Gasteiger partial charge on any atom is 0.253 e. The Labute approximate surface area is 278 Å². The number of piperazine rings is 1. The highest BCUT2D eigenvalue weighted by atomic mass is 16.2. The van der Waals surface area contributed by atoms with Crippen LogP contribution in [0, 0.1) is 0 Å². The van der Waals surface area contributed by atoms with E-state index in [0.717, 1.165) is 76.2 Å². The summed E-state index contributed by atoms with van der Waals surface area (Å²) in [4.78, 5) is 25.1. The first-order valence-electron chi connectivity index (χ1n) is 16.2. The predicted molar refractivity (Wildman–Crippen MR) is 193 cm³/mol. The number of anilines is 4. The van der Waals surface area contributed by atoms with Crippen molar-refractivity contribution in [3.05, 3.63) is 139 Å². The number of aromatic nitrogens is 4. The highest BCUT2D eigenvalue weighted by Crippen LogP contribution is 2.29. The molecule has 0 aliphatic carbocycles. The van der Waals surface area contributed by atoms with Gasteiger partial charge in [0.05, 0.1) is 11.0 Å². The Morgan fingerprint density at radius 2 is 1.46 bits per heavy atom. The SMILES string of the molecule is O=C(Nc1ccc(Nc2ncnc3ccccc23)cc1)C(c1ccccc1)n1cc2ccc(-c3ccc(N4CCNCC4)cc3)cc2n1. The first-order chi connectivity index (χ1) is 23.7. The smallest absolute Gasteiger partial charge is 0.253 e. The van der Waals surface area contributed by atoms with Crippen LogP contribution in [0.4, 0.5) is 22.9 Å². The summed E-state index contributed by atoms with van der Waals surface area (Å²) in [5.41, 5.74) is 7.55. The van der Waals surface area contributed by atoms with Crippen LogP contribution in [0.1, 0.15) is 11.6 Å². The molecule has 1 saturated heterocycles. The number of rotatable bonds is 8. The van der Waals surface area contributed by atoms with Gasteiger partial charge in [0.15, 0.2) is 6.04 Å². The number of amides is 1. The van der Waals surface area contributed by atoms with Gasteiger partial charge in [0, 0.05) is 60.2 Å². The molecule has 236 valence electrons. The highest BCUT2D eigenvalue weighted by molar-refractivity contribution is 5.97. The summed E-state index contributed by atoms with van der Waals surface area (Å²) in [6.45, 7) is 4.05. The number of para-hydroxylation sites is 1. The van der Waals surface area contributed by atoms with Crippen LogP contribution in [-0.2, 0) is 4.79 Å². The molecular formula is C39H34N8O. The van der Waals surface area contributed by atoms with Crippen molar-refractivity contribution >= 4 is 50.6 Å². The molecular weight excluding hydrogens is 596 g/mol. The van der Waals surface area contributed by atoms with Gasteiger partial charge in [-0.3, -0.25) is 9.48 Å². The van der Waals surface area contributed by atoms with Crippen LogP contribution in [0.2, 0.25) is 0 Å². The van der Waals surface area contributed by atoms with Crippen molar-refractivity contribution in [2.24, 2.45) is 0 Å². The molecule has 1 aliphatic heterocycles. The summed E-state index contributed by atoms with van der Waals surface area (Å²) < 4.78 is 1.77. The average Bonchev–Trinajstić information content (AvgIpc) is 3.56. The van der Waals surface area contributed by atoms with Crippen LogP contribution in [0.5, 0.6) is 0 Å². The van der Waals surface area contributed by atoms with Gasteiger partial charge in [0.2, 0.25) is 0 Å². The van der Waals surface area contributed by atoms with Gasteiger partial charge in [0.25, 0.3) is 5.91 Å². The van der Waals surface area contributed by atoms with Crippen molar-refractivity contribution in [1.82, 2.24) is 25.1 Å². The zero-order valence-corrected chi connectivity index (χ0v) is 26.3. The molecule has 0 saturated carbocycles. The fourth-order valence-corrected chi connectivity index (χ4v) is 6.28. The molecule has 0 bridgehead atoms. The fourth-order valence-electron chi connectivity index (χ4n) is 6.28. The Bertz CT molecular complexity index is 2190. The van der Waals surface area contributed by atoms with Crippen LogP contribution in [-0.4, -0.2) is 51.8 Å². The first kappa shape index (κ1) is 29.3. The number of carbonyl (C=O) groups is 1. The number of hydrogen-bond acceptors (Lipinski definition) is 7. The number of benzene rings is 5. The maximum absolute atomic E-state index is 14.0. The van der Waals surface area contributed by atoms with E-state index >= 15 is 0 Å². The molecule has 48 heavy (non-hydrogen) atoms. The molecule has 7 aromatic rings. The topological polar surface area (TPSA) is 100 Å². The molecule has 2 aromatic heterocycles. The Morgan fingerprint density at radius 1 is 0.729 bits per heavy atom. The van der Waals surface area contributed by atoms with E-state index in [0.29, 0.717) is 5.69 Å². The third-order valence-corrected chi connectivity index (χ3v) is 8.79. The second-order valence-corrected chi connectivity index (χ2v) is 11.9. The lowest BCUT2D eigenvalue weighted by Crippen LogP contribution is -2.43. The molecule has 1 amide bonds. The molecule has 8 rings (SSSR count). The van der Waals surface area contributed by atoms with Gasteiger partial charge in [-0.1, -0.05) is 66.7 Å². The summed E-state index contributed by atoms with van der Waals surface area (Å²) in [6, 6.07) is 39.6. The number of hydrogen-bond donors (Lipinski definition) is 3. The molecule has 1 unspecified atom stereocenters. The summed E-state index contributed by atoms with van der Waals surface area (Å²) in [5.74, 6) is 0.544. The molecule has 1 atom stereocenters. The molecule has 3 N–H and O–H groups in total. The minimum absolute atomic E-state index is 0.180. The number of carbonyl (C=O) groups excluding carboxylic acids is 1. The first-order valence-corrected chi connectivity index (χ1v) is 16.2. The summed E-state index contributed by atoms with van der Waals surface area (Å²) in [7, 11) is 0. The lowest BCUT2D eigenvalue weighted by Gasteiger charge is -2.29. The van der Waals surface area contributed by atoms with Crippen LogP contribution < -0.4 is 20.9 Å². The fraction of sp³-hybridized carbons (Fsp3) is 0.128.